The van der Waals surface area contributed by atoms with E-state index in [4.69, 9.17) is 0 Å². The van der Waals surface area contributed by atoms with E-state index in [1.165, 1.54) is 6.07 Å². The molecule has 0 N–H and O–H groups in total. The maximum Gasteiger partial charge on any atom is 0.257 e. The second kappa shape index (κ2) is 5.63. The summed E-state index contributed by atoms with van der Waals surface area (Å²) in [6, 6.07) is 8.64. The number of rotatable bonds is 1. The van der Waals surface area contributed by atoms with Crippen LogP contribution in [0, 0.1) is 11.6 Å². The number of halogens is 2. The molecule has 4 nitrogen and oxygen atoms in total. The summed E-state index contributed by atoms with van der Waals surface area (Å²) in [4.78, 5) is 22.9. The Bertz CT molecular complexity index is 958. The predicted molar refractivity (Wildman–Crippen MR) is 84.3 cm³/mol. The van der Waals surface area contributed by atoms with E-state index in [1.54, 1.807) is 11.1 Å². The van der Waals surface area contributed by atoms with Crippen LogP contribution < -0.4 is 0 Å². The van der Waals surface area contributed by atoms with Crippen molar-refractivity contribution in [3.05, 3.63) is 71.1 Å². The minimum Gasteiger partial charge on any atom is -0.334 e. The fraction of sp³-hybridized carbons (Fsp3) is 0.167. The first-order valence-corrected chi connectivity index (χ1v) is 7.60. The third-order valence-corrected chi connectivity index (χ3v) is 4.18. The molecule has 0 saturated carbocycles. The van der Waals surface area contributed by atoms with E-state index in [0.717, 1.165) is 34.4 Å². The molecule has 0 saturated heterocycles. The molecule has 6 heteroatoms. The van der Waals surface area contributed by atoms with E-state index in [9.17, 15) is 13.6 Å². The van der Waals surface area contributed by atoms with E-state index in [0.29, 0.717) is 19.5 Å². The van der Waals surface area contributed by atoms with Crippen LogP contribution in [-0.4, -0.2) is 27.3 Å². The molecule has 1 aliphatic rings. The van der Waals surface area contributed by atoms with E-state index >= 15 is 0 Å². The summed E-state index contributed by atoms with van der Waals surface area (Å²) in [5.74, 6) is -1.99. The monoisotopic (exact) mass is 325 g/mol. The molecular formula is C18H13F2N3O. The minimum absolute atomic E-state index is 0.119. The summed E-state index contributed by atoms with van der Waals surface area (Å²) >= 11 is 0. The van der Waals surface area contributed by atoms with Crippen LogP contribution in [0.4, 0.5) is 8.78 Å². The third kappa shape index (κ3) is 2.50. The second-order valence-electron chi connectivity index (χ2n) is 5.74. The Morgan fingerprint density at radius 1 is 1.12 bits per heavy atom. The van der Waals surface area contributed by atoms with Crippen LogP contribution in [0.3, 0.4) is 0 Å². The number of amides is 1. The lowest BCUT2D eigenvalue weighted by atomic mass is 10.0. The normalized spacial score (nSPS) is 13.8. The van der Waals surface area contributed by atoms with Crippen LogP contribution in [0.5, 0.6) is 0 Å². The Morgan fingerprint density at radius 2 is 2.00 bits per heavy atom. The Hall–Kier alpha value is -2.89. The fourth-order valence-electron chi connectivity index (χ4n) is 2.97. The largest absolute Gasteiger partial charge is 0.334 e. The number of hydrogen-bond donors (Lipinski definition) is 0. The lowest BCUT2D eigenvalue weighted by Crippen LogP contribution is -2.36. The second-order valence-corrected chi connectivity index (χ2v) is 5.74. The van der Waals surface area contributed by atoms with Gasteiger partial charge in [-0.2, -0.15) is 0 Å². The maximum atomic E-state index is 13.9. The highest BCUT2D eigenvalue weighted by atomic mass is 19.1. The molecular weight excluding hydrogens is 312 g/mol. The number of carbonyl (C=O) groups excluding carboxylic acids is 1. The number of aromatic nitrogens is 2. The average Bonchev–Trinajstić information content (AvgIpc) is 2.59. The van der Waals surface area contributed by atoms with E-state index in [1.807, 2.05) is 18.2 Å². The van der Waals surface area contributed by atoms with Gasteiger partial charge in [0.15, 0.2) is 0 Å². The molecule has 1 aromatic carbocycles. The van der Waals surface area contributed by atoms with E-state index in [2.05, 4.69) is 9.97 Å². The molecule has 0 radical (unpaired) electrons. The van der Waals surface area contributed by atoms with Crippen molar-refractivity contribution in [2.75, 3.05) is 6.54 Å². The van der Waals surface area contributed by atoms with Gasteiger partial charge in [0, 0.05) is 37.5 Å². The van der Waals surface area contributed by atoms with Crippen molar-refractivity contribution in [2.24, 2.45) is 0 Å². The molecule has 1 amide bonds. The zero-order valence-corrected chi connectivity index (χ0v) is 12.7. The van der Waals surface area contributed by atoms with Crippen LogP contribution in [0.2, 0.25) is 0 Å². The van der Waals surface area contributed by atoms with Gasteiger partial charge in [-0.15, -0.1) is 0 Å². The zero-order valence-electron chi connectivity index (χ0n) is 12.7. The predicted octanol–water partition coefficient (Wildman–Crippen LogP) is 3.11. The van der Waals surface area contributed by atoms with E-state index < -0.39 is 17.5 Å². The van der Waals surface area contributed by atoms with Crippen LogP contribution in [-0.2, 0) is 13.0 Å². The number of hydrogen-bond acceptors (Lipinski definition) is 3. The molecule has 3 heterocycles. The summed E-state index contributed by atoms with van der Waals surface area (Å²) in [6.45, 7) is 0.784. The van der Waals surface area contributed by atoms with Crippen molar-refractivity contribution < 1.29 is 13.6 Å². The molecule has 120 valence electrons. The average molecular weight is 325 g/mol. The molecule has 2 aromatic heterocycles. The highest BCUT2D eigenvalue weighted by Crippen LogP contribution is 2.23. The topological polar surface area (TPSA) is 46.1 Å². The highest BCUT2D eigenvalue weighted by Gasteiger charge is 2.25. The van der Waals surface area contributed by atoms with Gasteiger partial charge in [0.25, 0.3) is 5.91 Å². The summed E-state index contributed by atoms with van der Waals surface area (Å²) in [5, 5.41) is 0. The number of nitrogens with zero attached hydrogens (tertiary/aromatic N) is 3. The molecule has 0 unspecified atom stereocenters. The van der Waals surface area contributed by atoms with Crippen molar-refractivity contribution >= 4 is 16.9 Å². The standard InChI is InChI=1S/C18H13F2N3O/c19-12-3-4-13(14(20)9-12)18(24)23-7-5-15-11(10-23)8-17-16(22-15)2-1-6-21-17/h1-4,6,8-9H,5,7,10H2. The summed E-state index contributed by atoms with van der Waals surface area (Å²) in [7, 11) is 0. The third-order valence-electron chi connectivity index (χ3n) is 4.18. The van der Waals surface area contributed by atoms with Crippen LogP contribution >= 0.6 is 0 Å². The number of fused-ring (bicyclic) bond motifs is 2. The first-order chi connectivity index (χ1) is 11.6. The van der Waals surface area contributed by atoms with Gasteiger partial charge in [-0.25, -0.2) is 8.78 Å². The summed E-state index contributed by atoms with van der Waals surface area (Å²) in [6.07, 6.45) is 2.28. The number of pyridine rings is 2. The van der Waals surface area contributed by atoms with Gasteiger partial charge in [0.2, 0.25) is 0 Å². The molecule has 0 spiro atoms. The molecule has 3 aromatic rings. The maximum absolute atomic E-state index is 13.9. The van der Waals surface area contributed by atoms with Crippen molar-refractivity contribution in [2.45, 2.75) is 13.0 Å². The first kappa shape index (κ1) is 14.7. The van der Waals surface area contributed by atoms with Crippen molar-refractivity contribution in [1.82, 2.24) is 14.9 Å². The minimum atomic E-state index is -0.843. The van der Waals surface area contributed by atoms with Gasteiger partial charge in [-0.1, -0.05) is 0 Å². The van der Waals surface area contributed by atoms with Crippen LogP contribution in [0.15, 0.2) is 42.6 Å². The molecule has 24 heavy (non-hydrogen) atoms. The van der Waals surface area contributed by atoms with Gasteiger partial charge in [0.1, 0.15) is 11.6 Å². The van der Waals surface area contributed by atoms with Gasteiger partial charge in [0.05, 0.1) is 16.6 Å². The Labute approximate surface area is 136 Å². The number of benzene rings is 1. The highest BCUT2D eigenvalue weighted by molar-refractivity contribution is 5.94. The molecule has 1 aliphatic heterocycles. The Balaban J connectivity index is 1.66. The summed E-state index contributed by atoms with van der Waals surface area (Å²) < 4.78 is 26.9. The number of carbonyl (C=O) groups is 1. The van der Waals surface area contributed by atoms with Gasteiger partial charge in [-0.3, -0.25) is 14.8 Å². The smallest absolute Gasteiger partial charge is 0.257 e. The van der Waals surface area contributed by atoms with E-state index in [-0.39, 0.29) is 5.56 Å². The van der Waals surface area contributed by atoms with Gasteiger partial charge >= 0.3 is 0 Å². The van der Waals surface area contributed by atoms with Crippen molar-refractivity contribution in [3.63, 3.8) is 0 Å². The Morgan fingerprint density at radius 3 is 2.83 bits per heavy atom. The van der Waals surface area contributed by atoms with Gasteiger partial charge < -0.3 is 4.90 Å². The molecule has 4 rings (SSSR count). The van der Waals surface area contributed by atoms with Crippen LogP contribution in [0.1, 0.15) is 21.6 Å². The van der Waals surface area contributed by atoms with Crippen molar-refractivity contribution in [3.8, 4) is 0 Å². The zero-order chi connectivity index (χ0) is 16.7. The first-order valence-electron chi connectivity index (χ1n) is 7.60. The molecule has 0 fully saturated rings. The SMILES string of the molecule is O=C(c1ccc(F)cc1F)N1CCc2nc3cccnc3cc2C1. The lowest BCUT2D eigenvalue weighted by molar-refractivity contribution is 0.0729. The fourth-order valence-corrected chi connectivity index (χ4v) is 2.97. The molecule has 0 aliphatic carbocycles. The van der Waals surface area contributed by atoms with Crippen LogP contribution in [0.25, 0.3) is 11.0 Å². The quantitative estimate of drug-likeness (QED) is 0.691. The van der Waals surface area contributed by atoms with Gasteiger partial charge in [-0.05, 0) is 35.9 Å². The lowest BCUT2D eigenvalue weighted by Gasteiger charge is -2.28. The summed E-state index contributed by atoms with van der Waals surface area (Å²) in [5.41, 5.74) is 3.30. The van der Waals surface area contributed by atoms with Crippen molar-refractivity contribution in [1.29, 1.82) is 0 Å². The Kier molecular flexibility index (Phi) is 3.45. The molecule has 0 atom stereocenters. The molecule has 0 bridgehead atoms.